The third-order valence-electron chi connectivity index (χ3n) is 2.22. The van der Waals surface area contributed by atoms with Crippen molar-refractivity contribution in [2.45, 2.75) is 5.03 Å². The monoisotopic (exact) mass is 238 g/mol. The van der Waals surface area contributed by atoms with Crippen LogP contribution in [0, 0.1) is 0 Å². The van der Waals surface area contributed by atoms with Gasteiger partial charge in [0, 0.05) is 17.0 Å². The number of sulfonamides is 1. The molecular formula is C10H10N2O3S. The molecule has 0 bridgehead atoms. The third kappa shape index (κ3) is 1.72. The molecule has 2 N–H and O–H groups in total. The highest BCUT2D eigenvalue weighted by atomic mass is 32.2. The van der Waals surface area contributed by atoms with Crippen LogP contribution in [0.5, 0.6) is 5.75 Å². The molecule has 0 unspecified atom stereocenters. The minimum Gasteiger partial charge on any atom is -0.496 e. The maximum atomic E-state index is 11.3. The molecule has 0 radical (unpaired) electrons. The molecular weight excluding hydrogens is 228 g/mol. The molecule has 16 heavy (non-hydrogen) atoms. The van der Waals surface area contributed by atoms with Crippen LogP contribution in [0.25, 0.3) is 10.8 Å². The van der Waals surface area contributed by atoms with Gasteiger partial charge in [0.15, 0.2) is 5.03 Å². The summed E-state index contributed by atoms with van der Waals surface area (Å²) in [7, 11) is -2.30. The van der Waals surface area contributed by atoms with Crippen LogP contribution in [0.15, 0.2) is 35.5 Å². The fourth-order valence-corrected chi connectivity index (χ4v) is 2.25. The first kappa shape index (κ1) is 10.8. The summed E-state index contributed by atoms with van der Waals surface area (Å²) in [4.78, 5) is 3.79. The number of benzene rings is 1. The van der Waals surface area contributed by atoms with E-state index in [1.165, 1.54) is 13.3 Å². The van der Waals surface area contributed by atoms with E-state index in [-0.39, 0.29) is 5.03 Å². The summed E-state index contributed by atoms with van der Waals surface area (Å²) < 4.78 is 27.8. The Morgan fingerprint density at radius 1 is 1.25 bits per heavy atom. The summed E-state index contributed by atoms with van der Waals surface area (Å²) in [5.74, 6) is 0.588. The molecule has 1 heterocycles. The molecule has 1 aromatic heterocycles. The van der Waals surface area contributed by atoms with E-state index in [1.807, 2.05) is 0 Å². The lowest BCUT2D eigenvalue weighted by atomic mass is 10.1. The number of aromatic nitrogens is 1. The molecule has 6 heteroatoms. The van der Waals surface area contributed by atoms with E-state index in [1.54, 1.807) is 24.3 Å². The molecule has 84 valence electrons. The first-order chi connectivity index (χ1) is 7.54. The van der Waals surface area contributed by atoms with Gasteiger partial charge >= 0.3 is 0 Å². The van der Waals surface area contributed by atoms with E-state index >= 15 is 0 Å². The van der Waals surface area contributed by atoms with Crippen molar-refractivity contribution < 1.29 is 13.2 Å². The predicted molar refractivity (Wildman–Crippen MR) is 59.7 cm³/mol. The molecule has 2 aromatic rings. The van der Waals surface area contributed by atoms with Crippen LogP contribution in [-0.2, 0) is 10.0 Å². The SMILES string of the molecule is COc1cccc2c(S(N)(=O)=O)nccc12. The number of hydrogen-bond donors (Lipinski definition) is 1. The third-order valence-corrected chi connectivity index (χ3v) is 3.08. The van der Waals surface area contributed by atoms with Crippen LogP contribution in [0.2, 0.25) is 0 Å². The molecule has 0 spiro atoms. The van der Waals surface area contributed by atoms with E-state index in [0.29, 0.717) is 16.5 Å². The summed E-state index contributed by atoms with van der Waals surface area (Å²) >= 11 is 0. The summed E-state index contributed by atoms with van der Waals surface area (Å²) in [6.45, 7) is 0. The molecule has 0 fully saturated rings. The average Bonchev–Trinajstić information content (AvgIpc) is 2.26. The topological polar surface area (TPSA) is 82.3 Å². The first-order valence-corrected chi connectivity index (χ1v) is 6.03. The van der Waals surface area contributed by atoms with E-state index in [0.717, 1.165) is 0 Å². The molecule has 5 nitrogen and oxygen atoms in total. The molecule has 0 atom stereocenters. The minimum atomic E-state index is -3.82. The minimum absolute atomic E-state index is 0.135. The summed E-state index contributed by atoms with van der Waals surface area (Å²) in [6, 6.07) is 6.76. The lowest BCUT2D eigenvalue weighted by Gasteiger charge is -2.07. The number of primary sulfonamides is 1. The first-order valence-electron chi connectivity index (χ1n) is 4.48. The summed E-state index contributed by atoms with van der Waals surface area (Å²) in [5.41, 5.74) is 0. The van der Waals surface area contributed by atoms with Gasteiger partial charge in [-0.3, -0.25) is 0 Å². The van der Waals surface area contributed by atoms with Crippen LogP contribution in [0.1, 0.15) is 0 Å². The fourth-order valence-electron chi connectivity index (χ4n) is 1.56. The standard InChI is InChI=1S/C10H10N2O3S/c1-15-9-4-2-3-8-7(9)5-6-12-10(8)16(11,13)14/h2-6H,1H3,(H2,11,13,14). The Labute approximate surface area is 92.9 Å². The number of nitrogens with two attached hydrogens (primary N) is 1. The van der Waals surface area contributed by atoms with Crippen molar-refractivity contribution in [2.24, 2.45) is 5.14 Å². The van der Waals surface area contributed by atoms with Crippen molar-refractivity contribution in [1.29, 1.82) is 0 Å². The maximum absolute atomic E-state index is 11.3. The zero-order chi connectivity index (χ0) is 11.8. The van der Waals surface area contributed by atoms with Gasteiger partial charge in [0.1, 0.15) is 5.75 Å². The van der Waals surface area contributed by atoms with E-state index < -0.39 is 10.0 Å². The van der Waals surface area contributed by atoms with E-state index in [9.17, 15) is 8.42 Å². The van der Waals surface area contributed by atoms with Crippen molar-refractivity contribution in [3.05, 3.63) is 30.5 Å². The molecule has 0 aliphatic rings. The molecule has 0 aliphatic carbocycles. The second kappa shape index (κ2) is 3.73. The van der Waals surface area contributed by atoms with Crippen molar-refractivity contribution in [3.63, 3.8) is 0 Å². The number of rotatable bonds is 2. The molecule has 1 aromatic carbocycles. The van der Waals surface area contributed by atoms with Crippen molar-refractivity contribution in [2.75, 3.05) is 7.11 Å². The average molecular weight is 238 g/mol. The largest absolute Gasteiger partial charge is 0.496 e. The smallest absolute Gasteiger partial charge is 0.256 e. The number of pyridine rings is 1. The predicted octanol–water partition coefficient (Wildman–Crippen LogP) is 0.891. The Morgan fingerprint density at radius 2 is 2.00 bits per heavy atom. The van der Waals surface area contributed by atoms with Crippen LogP contribution in [0.3, 0.4) is 0 Å². The maximum Gasteiger partial charge on any atom is 0.256 e. The van der Waals surface area contributed by atoms with E-state index in [4.69, 9.17) is 9.88 Å². The van der Waals surface area contributed by atoms with Gasteiger partial charge in [-0.2, -0.15) is 0 Å². The zero-order valence-corrected chi connectivity index (χ0v) is 9.36. The highest BCUT2D eigenvalue weighted by Crippen LogP contribution is 2.27. The quantitative estimate of drug-likeness (QED) is 0.842. The zero-order valence-electron chi connectivity index (χ0n) is 8.54. The highest BCUT2D eigenvalue weighted by molar-refractivity contribution is 7.89. The number of nitrogens with zero attached hydrogens (tertiary/aromatic N) is 1. The molecule has 0 aliphatic heterocycles. The number of ether oxygens (including phenoxy) is 1. The van der Waals surface area contributed by atoms with Crippen molar-refractivity contribution in [1.82, 2.24) is 4.98 Å². The van der Waals surface area contributed by atoms with Gasteiger partial charge in [-0.1, -0.05) is 12.1 Å². The molecule has 2 rings (SSSR count). The lowest BCUT2D eigenvalue weighted by molar-refractivity contribution is 0.419. The molecule has 0 saturated carbocycles. The van der Waals surface area contributed by atoms with Gasteiger partial charge in [0.05, 0.1) is 7.11 Å². The second-order valence-corrected chi connectivity index (χ2v) is 4.69. The van der Waals surface area contributed by atoms with Gasteiger partial charge in [-0.25, -0.2) is 18.5 Å². The number of methoxy groups -OCH3 is 1. The van der Waals surface area contributed by atoms with Gasteiger partial charge < -0.3 is 4.74 Å². The Bertz CT molecular complexity index is 638. The van der Waals surface area contributed by atoms with Gasteiger partial charge in [0.2, 0.25) is 0 Å². The Hall–Kier alpha value is -1.66. The lowest BCUT2D eigenvalue weighted by Crippen LogP contribution is -2.14. The van der Waals surface area contributed by atoms with Gasteiger partial charge in [-0.05, 0) is 12.1 Å². The van der Waals surface area contributed by atoms with Crippen molar-refractivity contribution in [3.8, 4) is 5.75 Å². The molecule has 0 amide bonds. The second-order valence-electron chi connectivity index (χ2n) is 3.22. The summed E-state index contributed by atoms with van der Waals surface area (Å²) in [6.07, 6.45) is 1.39. The van der Waals surface area contributed by atoms with E-state index in [2.05, 4.69) is 4.98 Å². The Kier molecular flexibility index (Phi) is 2.53. The Balaban J connectivity index is 2.90. The normalized spacial score (nSPS) is 11.6. The van der Waals surface area contributed by atoms with Crippen molar-refractivity contribution >= 4 is 20.8 Å². The van der Waals surface area contributed by atoms with Gasteiger partial charge in [-0.15, -0.1) is 0 Å². The van der Waals surface area contributed by atoms with Crippen LogP contribution in [-0.4, -0.2) is 20.5 Å². The van der Waals surface area contributed by atoms with Crippen LogP contribution >= 0.6 is 0 Å². The number of hydrogen-bond acceptors (Lipinski definition) is 4. The van der Waals surface area contributed by atoms with Crippen LogP contribution < -0.4 is 9.88 Å². The summed E-state index contributed by atoms with van der Waals surface area (Å²) in [5, 5.41) is 6.08. The molecule has 0 saturated heterocycles. The highest BCUT2D eigenvalue weighted by Gasteiger charge is 2.15. The van der Waals surface area contributed by atoms with Gasteiger partial charge in [0.25, 0.3) is 10.0 Å². The van der Waals surface area contributed by atoms with Crippen LogP contribution in [0.4, 0.5) is 0 Å². The fraction of sp³-hybridized carbons (Fsp3) is 0.100. The Morgan fingerprint density at radius 3 is 2.62 bits per heavy atom. The number of fused-ring (bicyclic) bond motifs is 1.